The minimum Gasteiger partial charge on any atom is -0.329 e. The molecule has 20 heavy (non-hydrogen) atoms. The molecule has 0 radical (unpaired) electrons. The number of rotatable bonds is 4. The molecule has 112 valence electrons. The number of hydrogen-bond donors (Lipinski definition) is 2. The van der Waals surface area contributed by atoms with Gasteiger partial charge < -0.3 is 10.6 Å². The molecule has 1 saturated heterocycles. The fourth-order valence-corrected chi connectivity index (χ4v) is 2.20. The summed E-state index contributed by atoms with van der Waals surface area (Å²) in [6, 6.07) is 1.53. The van der Waals surface area contributed by atoms with Crippen molar-refractivity contribution in [2.75, 3.05) is 39.8 Å². The summed E-state index contributed by atoms with van der Waals surface area (Å²) in [6.07, 6.45) is 0. The van der Waals surface area contributed by atoms with E-state index < -0.39 is 23.5 Å². The quantitative estimate of drug-likeness (QED) is 0.807. The molecule has 1 atom stereocenters. The molecule has 0 saturated carbocycles. The Bertz CT molecular complexity index is 438. The first-order valence-corrected chi connectivity index (χ1v) is 6.55. The highest BCUT2D eigenvalue weighted by Crippen LogP contribution is 2.19. The molecule has 1 unspecified atom stereocenters. The topological polar surface area (TPSA) is 44.5 Å². The Labute approximate surface area is 116 Å². The smallest absolute Gasteiger partial charge is 0.194 e. The summed E-state index contributed by atoms with van der Waals surface area (Å²) in [5.74, 6) is -3.85. The van der Waals surface area contributed by atoms with Gasteiger partial charge in [0.1, 0.15) is 0 Å². The van der Waals surface area contributed by atoms with E-state index in [1.54, 1.807) is 0 Å². The summed E-state index contributed by atoms with van der Waals surface area (Å²) in [5.41, 5.74) is 9.10. The molecule has 7 heteroatoms. The molecule has 4 nitrogen and oxygen atoms in total. The number of halogens is 3. The molecule has 2 rings (SSSR count). The molecule has 0 aliphatic carbocycles. The third kappa shape index (κ3) is 3.49. The highest BCUT2D eigenvalue weighted by Gasteiger charge is 2.20. The van der Waals surface area contributed by atoms with Crippen LogP contribution in [0.5, 0.6) is 0 Å². The summed E-state index contributed by atoms with van der Waals surface area (Å²) >= 11 is 0. The molecule has 1 aliphatic heterocycles. The van der Waals surface area contributed by atoms with E-state index in [9.17, 15) is 13.2 Å². The van der Waals surface area contributed by atoms with Crippen molar-refractivity contribution in [3.05, 3.63) is 35.1 Å². The second-order valence-corrected chi connectivity index (χ2v) is 5.01. The molecule has 1 aromatic rings. The average molecular weight is 288 g/mol. The largest absolute Gasteiger partial charge is 0.329 e. The van der Waals surface area contributed by atoms with Crippen molar-refractivity contribution in [1.82, 2.24) is 15.3 Å². The summed E-state index contributed by atoms with van der Waals surface area (Å²) in [6.45, 7) is 3.54. The molecule has 3 N–H and O–H groups in total. The van der Waals surface area contributed by atoms with E-state index in [0.717, 1.165) is 38.3 Å². The first kappa shape index (κ1) is 15.2. The number of piperazine rings is 1. The number of hydrogen-bond acceptors (Lipinski definition) is 4. The summed E-state index contributed by atoms with van der Waals surface area (Å²) in [5, 5.41) is 1.97. The lowest BCUT2D eigenvalue weighted by Crippen LogP contribution is -2.52. The van der Waals surface area contributed by atoms with Crippen LogP contribution >= 0.6 is 0 Å². The van der Waals surface area contributed by atoms with Gasteiger partial charge >= 0.3 is 0 Å². The van der Waals surface area contributed by atoms with Gasteiger partial charge in [0.05, 0.1) is 6.04 Å². The maximum Gasteiger partial charge on any atom is 0.194 e. The number of benzene rings is 1. The van der Waals surface area contributed by atoms with Crippen LogP contribution in [0.15, 0.2) is 12.1 Å². The maximum atomic E-state index is 13.3. The fraction of sp³-hybridized carbons (Fsp3) is 0.538. The molecule has 0 bridgehead atoms. The molecular formula is C13H19F3N4. The average Bonchev–Trinajstić information content (AvgIpc) is 2.43. The van der Waals surface area contributed by atoms with E-state index in [4.69, 9.17) is 5.73 Å². The first-order chi connectivity index (χ1) is 9.51. The van der Waals surface area contributed by atoms with E-state index in [2.05, 4.69) is 10.3 Å². The Balaban J connectivity index is 2.08. The Morgan fingerprint density at radius 2 is 1.70 bits per heavy atom. The molecule has 1 aromatic carbocycles. The van der Waals surface area contributed by atoms with E-state index >= 15 is 0 Å². The Morgan fingerprint density at radius 1 is 1.15 bits per heavy atom. The Morgan fingerprint density at radius 3 is 2.20 bits per heavy atom. The van der Waals surface area contributed by atoms with Gasteiger partial charge in [-0.15, -0.1) is 0 Å². The minimum absolute atomic E-state index is 0.164. The molecule has 0 spiro atoms. The fourth-order valence-electron chi connectivity index (χ4n) is 2.20. The molecule has 1 fully saturated rings. The second-order valence-electron chi connectivity index (χ2n) is 5.01. The predicted octanol–water partition coefficient (Wildman–Crippen LogP) is 0.856. The molecule has 0 aromatic heterocycles. The summed E-state index contributed by atoms with van der Waals surface area (Å²) < 4.78 is 39.5. The third-order valence-electron chi connectivity index (χ3n) is 3.49. The number of nitrogens with one attached hydrogen (secondary N) is 1. The van der Waals surface area contributed by atoms with E-state index in [0.29, 0.717) is 5.56 Å². The normalized spacial score (nSPS) is 19.2. The van der Waals surface area contributed by atoms with Gasteiger partial charge in [-0.3, -0.25) is 0 Å². The van der Waals surface area contributed by atoms with Crippen LogP contribution in [-0.4, -0.2) is 49.7 Å². The highest BCUT2D eigenvalue weighted by molar-refractivity contribution is 5.23. The second kappa shape index (κ2) is 6.53. The van der Waals surface area contributed by atoms with E-state index in [1.165, 1.54) is 0 Å². The van der Waals surface area contributed by atoms with Gasteiger partial charge in [-0.2, -0.15) is 0 Å². The number of nitrogens with two attached hydrogens (primary N) is 1. The number of likely N-dealkylation sites (N-methyl/N-ethyl adjacent to an activating group) is 1. The lowest BCUT2D eigenvalue weighted by Gasteiger charge is -2.35. The molecule has 0 amide bonds. The van der Waals surface area contributed by atoms with Gasteiger partial charge in [0.25, 0.3) is 0 Å². The van der Waals surface area contributed by atoms with Crippen LogP contribution in [0.4, 0.5) is 13.2 Å². The molecule has 1 aliphatic rings. The number of nitrogens with zero attached hydrogens (tertiary/aromatic N) is 2. The SMILES string of the molecule is CN1CCN(NC(CN)c2cc(F)c(F)c(F)c2)CC1. The predicted molar refractivity (Wildman–Crippen MR) is 70.3 cm³/mol. The van der Waals surface area contributed by atoms with Gasteiger partial charge in [0.2, 0.25) is 0 Å². The van der Waals surface area contributed by atoms with Crippen molar-refractivity contribution in [3.63, 3.8) is 0 Å². The van der Waals surface area contributed by atoms with Crippen molar-refractivity contribution in [3.8, 4) is 0 Å². The van der Waals surface area contributed by atoms with Crippen LogP contribution in [0.3, 0.4) is 0 Å². The van der Waals surface area contributed by atoms with Crippen molar-refractivity contribution >= 4 is 0 Å². The van der Waals surface area contributed by atoms with Gasteiger partial charge in [0.15, 0.2) is 17.5 Å². The zero-order valence-corrected chi connectivity index (χ0v) is 11.4. The van der Waals surface area contributed by atoms with Crippen LogP contribution in [0.1, 0.15) is 11.6 Å². The van der Waals surface area contributed by atoms with Gasteiger partial charge in [0, 0.05) is 32.7 Å². The molecule has 1 heterocycles. The zero-order chi connectivity index (χ0) is 14.7. The van der Waals surface area contributed by atoms with Gasteiger partial charge in [-0.25, -0.2) is 23.6 Å². The Hall–Kier alpha value is -1.15. The van der Waals surface area contributed by atoms with E-state index in [1.807, 2.05) is 12.1 Å². The molecular weight excluding hydrogens is 269 g/mol. The van der Waals surface area contributed by atoms with Crippen molar-refractivity contribution in [2.45, 2.75) is 6.04 Å². The van der Waals surface area contributed by atoms with Gasteiger partial charge in [-0.05, 0) is 24.7 Å². The summed E-state index contributed by atoms with van der Waals surface area (Å²) in [7, 11) is 2.03. The number of hydrazine groups is 1. The lowest BCUT2D eigenvalue weighted by molar-refractivity contribution is 0.0878. The highest BCUT2D eigenvalue weighted by atomic mass is 19.2. The third-order valence-corrected chi connectivity index (χ3v) is 3.49. The minimum atomic E-state index is -1.45. The van der Waals surface area contributed by atoms with Crippen LogP contribution < -0.4 is 11.2 Å². The van der Waals surface area contributed by atoms with Crippen LogP contribution in [-0.2, 0) is 0 Å². The van der Waals surface area contributed by atoms with Crippen LogP contribution in [0, 0.1) is 17.5 Å². The standard InChI is InChI=1S/C13H19F3N4/c1-19-2-4-20(5-3-19)18-12(8-17)9-6-10(14)13(16)11(15)7-9/h6-7,12,18H,2-5,8,17H2,1H3. The Kier molecular flexibility index (Phi) is 4.98. The van der Waals surface area contributed by atoms with E-state index in [-0.39, 0.29) is 6.54 Å². The zero-order valence-electron chi connectivity index (χ0n) is 11.4. The monoisotopic (exact) mass is 288 g/mol. The van der Waals surface area contributed by atoms with Crippen LogP contribution in [0.25, 0.3) is 0 Å². The lowest BCUT2D eigenvalue weighted by atomic mass is 10.1. The summed E-state index contributed by atoms with van der Waals surface area (Å²) in [4.78, 5) is 2.19. The van der Waals surface area contributed by atoms with Crippen molar-refractivity contribution in [2.24, 2.45) is 5.73 Å². The van der Waals surface area contributed by atoms with Gasteiger partial charge in [-0.1, -0.05) is 0 Å². The first-order valence-electron chi connectivity index (χ1n) is 6.55. The van der Waals surface area contributed by atoms with Crippen molar-refractivity contribution < 1.29 is 13.2 Å². The maximum absolute atomic E-state index is 13.3. The van der Waals surface area contributed by atoms with Crippen molar-refractivity contribution in [1.29, 1.82) is 0 Å². The van der Waals surface area contributed by atoms with Crippen LogP contribution in [0.2, 0.25) is 0 Å².